The molecular weight excluding hydrogens is 387 g/mol. The highest BCUT2D eigenvalue weighted by molar-refractivity contribution is 8.18. The Kier molecular flexibility index (Phi) is 5.22. The van der Waals surface area contributed by atoms with Gasteiger partial charge in [0.2, 0.25) is 5.91 Å². The third-order valence-corrected chi connectivity index (χ3v) is 5.28. The zero-order valence-electron chi connectivity index (χ0n) is 12.5. The maximum atomic E-state index is 13.5. The van der Waals surface area contributed by atoms with Crippen molar-refractivity contribution in [2.24, 2.45) is 0 Å². The normalized spacial score (nSPS) is 15.9. The van der Waals surface area contributed by atoms with E-state index in [4.69, 9.17) is 11.6 Å². The number of rotatable bonds is 4. The smallest absolute Gasteiger partial charge is 0.294 e. The van der Waals surface area contributed by atoms with Gasteiger partial charge in [0.25, 0.3) is 11.1 Å². The molecule has 0 unspecified atom stereocenters. The first-order chi connectivity index (χ1) is 11.9. The number of carbonyl (C=O) groups excluding carboxylic acids is 3. The van der Waals surface area contributed by atoms with Crippen LogP contribution in [0, 0.1) is 5.82 Å². The lowest BCUT2D eigenvalue weighted by Crippen LogP contribution is -2.36. The lowest BCUT2D eigenvalue weighted by atomic mass is 10.3. The molecule has 1 saturated heterocycles. The molecule has 0 atom stereocenters. The molecule has 0 spiro atoms. The average Bonchev–Trinajstić information content (AvgIpc) is 3.08. The molecule has 0 radical (unpaired) electrons. The summed E-state index contributed by atoms with van der Waals surface area (Å²) >= 11 is 7.85. The summed E-state index contributed by atoms with van der Waals surface area (Å²) in [4.78, 5) is 38.1. The molecule has 1 aromatic carbocycles. The van der Waals surface area contributed by atoms with E-state index in [1.807, 2.05) is 0 Å². The van der Waals surface area contributed by atoms with Crippen LogP contribution in [0.2, 0.25) is 4.34 Å². The minimum atomic E-state index is -0.659. The highest BCUT2D eigenvalue weighted by Gasteiger charge is 2.36. The number of halogens is 2. The minimum absolute atomic E-state index is 0.0109. The summed E-state index contributed by atoms with van der Waals surface area (Å²) in [5.41, 5.74) is -0.0109. The Morgan fingerprint density at radius 2 is 2.00 bits per heavy atom. The highest BCUT2D eigenvalue weighted by atomic mass is 35.5. The number of para-hydroxylation sites is 1. The van der Waals surface area contributed by atoms with Crippen LogP contribution in [0.25, 0.3) is 6.08 Å². The average molecular weight is 397 g/mol. The van der Waals surface area contributed by atoms with E-state index in [1.165, 1.54) is 29.5 Å². The molecule has 0 aliphatic carbocycles. The zero-order valence-corrected chi connectivity index (χ0v) is 14.9. The second kappa shape index (κ2) is 7.38. The van der Waals surface area contributed by atoms with Gasteiger partial charge in [-0.2, -0.15) is 0 Å². The lowest BCUT2D eigenvalue weighted by Gasteiger charge is -2.12. The molecule has 2 aromatic rings. The molecular formula is C16H10ClFN2O3S2. The van der Waals surface area contributed by atoms with Crippen LogP contribution >= 0.6 is 34.7 Å². The number of anilines is 1. The van der Waals surface area contributed by atoms with Crippen LogP contribution in [-0.2, 0) is 9.59 Å². The maximum absolute atomic E-state index is 13.5. The number of amides is 3. The monoisotopic (exact) mass is 396 g/mol. The second-order valence-corrected chi connectivity index (χ2v) is 7.68. The van der Waals surface area contributed by atoms with Crippen molar-refractivity contribution in [3.05, 3.63) is 56.3 Å². The summed E-state index contributed by atoms with van der Waals surface area (Å²) in [5.74, 6) is -1.82. The number of nitrogens with zero attached hydrogens (tertiary/aromatic N) is 1. The van der Waals surface area contributed by atoms with Crippen LogP contribution in [0.5, 0.6) is 0 Å². The first-order valence-electron chi connectivity index (χ1n) is 6.99. The number of benzene rings is 1. The van der Waals surface area contributed by atoms with Crippen molar-refractivity contribution < 1.29 is 18.8 Å². The summed E-state index contributed by atoms with van der Waals surface area (Å²) in [6.45, 7) is -0.485. The summed E-state index contributed by atoms with van der Waals surface area (Å²) in [5, 5.41) is 1.79. The van der Waals surface area contributed by atoms with Crippen molar-refractivity contribution in [3.63, 3.8) is 0 Å². The molecule has 1 fully saturated rings. The van der Waals surface area contributed by atoms with Crippen molar-refractivity contribution in [1.29, 1.82) is 0 Å². The predicted molar refractivity (Wildman–Crippen MR) is 97.0 cm³/mol. The first-order valence-corrected chi connectivity index (χ1v) is 9.00. The summed E-state index contributed by atoms with van der Waals surface area (Å²) in [7, 11) is 0. The van der Waals surface area contributed by atoms with Crippen LogP contribution in [-0.4, -0.2) is 28.5 Å². The molecule has 128 valence electrons. The molecule has 9 heteroatoms. The highest BCUT2D eigenvalue weighted by Crippen LogP contribution is 2.34. The SMILES string of the molecule is O=C(CN1C(=O)S/C(=C\c2ccc(Cl)s2)C1=O)Nc1ccccc1F. The van der Waals surface area contributed by atoms with Gasteiger partial charge in [-0.25, -0.2) is 4.39 Å². The number of hydrogen-bond acceptors (Lipinski definition) is 5. The van der Waals surface area contributed by atoms with E-state index >= 15 is 0 Å². The second-order valence-electron chi connectivity index (χ2n) is 4.94. The van der Waals surface area contributed by atoms with E-state index in [2.05, 4.69) is 5.32 Å². The Morgan fingerprint density at radius 1 is 1.24 bits per heavy atom. The summed E-state index contributed by atoms with van der Waals surface area (Å²) in [6, 6.07) is 9.05. The number of nitrogens with one attached hydrogen (secondary N) is 1. The topological polar surface area (TPSA) is 66.5 Å². The quantitative estimate of drug-likeness (QED) is 0.786. The van der Waals surface area contributed by atoms with E-state index < -0.39 is 29.4 Å². The summed E-state index contributed by atoms with van der Waals surface area (Å²) in [6.07, 6.45) is 1.55. The Morgan fingerprint density at radius 3 is 2.68 bits per heavy atom. The van der Waals surface area contributed by atoms with E-state index in [1.54, 1.807) is 24.3 Å². The van der Waals surface area contributed by atoms with Gasteiger partial charge in [-0.1, -0.05) is 23.7 Å². The fraction of sp³-hybridized carbons (Fsp3) is 0.0625. The Hall–Kier alpha value is -2.16. The molecule has 0 bridgehead atoms. The molecule has 2 heterocycles. The first kappa shape index (κ1) is 17.7. The van der Waals surface area contributed by atoms with Crippen molar-refractivity contribution in [1.82, 2.24) is 4.90 Å². The fourth-order valence-electron chi connectivity index (χ4n) is 2.07. The fourth-order valence-corrected chi connectivity index (χ4v) is 3.98. The van der Waals surface area contributed by atoms with E-state index in [9.17, 15) is 18.8 Å². The van der Waals surface area contributed by atoms with Crippen LogP contribution < -0.4 is 5.32 Å². The lowest BCUT2D eigenvalue weighted by molar-refractivity contribution is -0.127. The van der Waals surface area contributed by atoms with Gasteiger partial charge in [-0.15, -0.1) is 11.3 Å². The van der Waals surface area contributed by atoms with Gasteiger partial charge in [0.15, 0.2) is 0 Å². The third-order valence-electron chi connectivity index (χ3n) is 3.19. The van der Waals surface area contributed by atoms with Gasteiger partial charge in [-0.3, -0.25) is 19.3 Å². The van der Waals surface area contributed by atoms with Crippen molar-refractivity contribution >= 4 is 63.5 Å². The molecule has 3 rings (SSSR count). The Labute approximate surface area is 155 Å². The molecule has 1 aliphatic heterocycles. The van der Waals surface area contributed by atoms with Gasteiger partial charge in [0, 0.05) is 4.88 Å². The van der Waals surface area contributed by atoms with Crippen molar-refractivity contribution in [2.45, 2.75) is 0 Å². The number of hydrogen-bond donors (Lipinski definition) is 1. The molecule has 1 aliphatic rings. The predicted octanol–water partition coefficient (Wildman–Crippen LogP) is 4.22. The number of imide groups is 1. The number of carbonyl (C=O) groups is 3. The van der Waals surface area contributed by atoms with Gasteiger partial charge in [-0.05, 0) is 42.1 Å². The van der Waals surface area contributed by atoms with Gasteiger partial charge in [0.1, 0.15) is 12.4 Å². The van der Waals surface area contributed by atoms with Crippen molar-refractivity contribution in [3.8, 4) is 0 Å². The molecule has 3 amide bonds. The van der Waals surface area contributed by atoms with Gasteiger partial charge < -0.3 is 5.32 Å². The van der Waals surface area contributed by atoms with Crippen molar-refractivity contribution in [2.75, 3.05) is 11.9 Å². The van der Waals surface area contributed by atoms with Gasteiger partial charge >= 0.3 is 0 Å². The van der Waals surface area contributed by atoms with Crippen LogP contribution in [0.4, 0.5) is 14.9 Å². The van der Waals surface area contributed by atoms with Crippen LogP contribution in [0.3, 0.4) is 0 Å². The van der Waals surface area contributed by atoms with Crippen LogP contribution in [0.1, 0.15) is 4.88 Å². The number of thioether (sulfide) groups is 1. The standard InChI is InChI=1S/C16H10ClFN2O3S2/c17-13-6-5-9(24-13)7-12-15(22)20(16(23)25-12)8-14(21)19-11-4-2-1-3-10(11)18/h1-7H,8H2,(H,19,21)/b12-7-. The summed E-state index contributed by atoms with van der Waals surface area (Å²) < 4.78 is 14.1. The van der Waals surface area contributed by atoms with E-state index in [0.717, 1.165) is 21.5 Å². The number of thiophene rings is 1. The third kappa shape index (κ3) is 4.09. The molecule has 1 aromatic heterocycles. The maximum Gasteiger partial charge on any atom is 0.294 e. The minimum Gasteiger partial charge on any atom is -0.322 e. The largest absolute Gasteiger partial charge is 0.322 e. The molecule has 0 saturated carbocycles. The Balaban J connectivity index is 1.69. The zero-order chi connectivity index (χ0) is 18.0. The van der Waals surface area contributed by atoms with Gasteiger partial charge in [0.05, 0.1) is 14.9 Å². The Bertz CT molecular complexity index is 897. The molecule has 1 N–H and O–H groups in total. The van der Waals surface area contributed by atoms with E-state index in [-0.39, 0.29) is 10.6 Å². The van der Waals surface area contributed by atoms with E-state index in [0.29, 0.717) is 4.34 Å². The van der Waals surface area contributed by atoms with Crippen LogP contribution in [0.15, 0.2) is 41.3 Å². The molecule has 25 heavy (non-hydrogen) atoms. The molecule has 5 nitrogen and oxygen atoms in total.